The smallest absolute Gasteiger partial charge is 0.287 e. The minimum atomic E-state index is -0.182. The Morgan fingerprint density at radius 1 is 0.906 bits per heavy atom. The number of amides is 1. The van der Waals surface area contributed by atoms with Gasteiger partial charge < -0.3 is 9.73 Å². The van der Waals surface area contributed by atoms with Crippen molar-refractivity contribution >= 4 is 17.7 Å². The molecule has 1 unspecified atom stereocenters. The molecule has 0 aliphatic carbocycles. The molecular weight excluding hydrogens is 418 g/mol. The highest BCUT2D eigenvalue weighted by molar-refractivity contribution is 7.98. The second-order valence-corrected chi connectivity index (χ2v) is 8.53. The van der Waals surface area contributed by atoms with Crippen LogP contribution in [0.2, 0.25) is 0 Å². The highest BCUT2D eigenvalue weighted by atomic mass is 32.2. The minimum Gasteiger partial charge on any atom is -0.455 e. The molecule has 0 aliphatic rings. The fraction of sp³-hybridized carbons (Fsp3) is 0.192. The Morgan fingerprint density at radius 2 is 1.62 bits per heavy atom. The van der Waals surface area contributed by atoms with Crippen molar-refractivity contribution in [3.8, 4) is 22.4 Å². The third kappa shape index (κ3) is 5.45. The third-order valence-corrected chi connectivity index (χ3v) is 6.11. The summed E-state index contributed by atoms with van der Waals surface area (Å²) < 4.78 is 5.67. The number of nitrogens with one attached hydrogen (secondary N) is 1. The van der Waals surface area contributed by atoms with E-state index >= 15 is 0 Å². The summed E-state index contributed by atoms with van der Waals surface area (Å²) in [7, 11) is 0. The highest BCUT2D eigenvalue weighted by Crippen LogP contribution is 2.26. The average Bonchev–Trinajstić information content (AvgIpc) is 3.33. The molecule has 0 saturated heterocycles. The van der Waals surface area contributed by atoms with Crippen molar-refractivity contribution in [2.45, 2.75) is 37.1 Å². The maximum atomic E-state index is 12.1. The molecule has 5 nitrogen and oxygen atoms in total. The number of hydrogen-bond acceptors (Lipinski definition) is 5. The first kappa shape index (κ1) is 21.8. The molecule has 0 aliphatic heterocycles. The molecule has 4 rings (SSSR count). The summed E-state index contributed by atoms with van der Waals surface area (Å²) >= 11 is 1.52. The van der Waals surface area contributed by atoms with Crippen LogP contribution in [0.3, 0.4) is 0 Å². The summed E-state index contributed by atoms with van der Waals surface area (Å²) in [6, 6.07) is 26.2. The molecule has 162 valence electrons. The lowest BCUT2D eigenvalue weighted by Crippen LogP contribution is -2.31. The maximum absolute atomic E-state index is 12.1. The van der Waals surface area contributed by atoms with Gasteiger partial charge in [-0.2, -0.15) is 0 Å². The molecule has 0 spiro atoms. The summed E-state index contributed by atoms with van der Waals surface area (Å²) in [5.41, 5.74) is 4.22. The Hall–Kier alpha value is -3.38. The van der Waals surface area contributed by atoms with Crippen LogP contribution in [0.25, 0.3) is 22.4 Å². The predicted octanol–water partition coefficient (Wildman–Crippen LogP) is 6.22. The first-order valence-corrected chi connectivity index (χ1v) is 11.6. The van der Waals surface area contributed by atoms with Gasteiger partial charge in [-0.25, -0.2) is 0 Å². The van der Waals surface area contributed by atoms with Gasteiger partial charge >= 0.3 is 0 Å². The van der Waals surface area contributed by atoms with Gasteiger partial charge in [-0.3, -0.25) is 4.79 Å². The summed E-state index contributed by atoms with van der Waals surface area (Å²) in [6.07, 6.45) is 0.876. The van der Waals surface area contributed by atoms with Gasteiger partial charge in [0.15, 0.2) is 5.76 Å². The second-order valence-electron chi connectivity index (χ2n) is 7.54. The number of hydrogen-bond donors (Lipinski definition) is 1. The number of furan rings is 1. The van der Waals surface area contributed by atoms with Gasteiger partial charge in [-0.05, 0) is 48.7 Å². The molecule has 1 amide bonds. The van der Waals surface area contributed by atoms with Gasteiger partial charge in [0, 0.05) is 11.6 Å². The Morgan fingerprint density at radius 3 is 2.31 bits per heavy atom. The lowest BCUT2D eigenvalue weighted by atomic mass is 10.0. The van der Waals surface area contributed by atoms with Crippen LogP contribution in [0.5, 0.6) is 0 Å². The highest BCUT2D eigenvalue weighted by Gasteiger charge is 2.13. The van der Waals surface area contributed by atoms with Crippen molar-refractivity contribution in [2.75, 3.05) is 0 Å². The molecule has 1 N–H and O–H groups in total. The molecule has 2 aromatic carbocycles. The van der Waals surface area contributed by atoms with E-state index in [-0.39, 0.29) is 11.9 Å². The van der Waals surface area contributed by atoms with Crippen molar-refractivity contribution in [1.82, 2.24) is 15.5 Å². The van der Waals surface area contributed by atoms with E-state index in [4.69, 9.17) is 4.42 Å². The number of aromatic nitrogens is 2. The number of carbonyl (C=O) groups is 1. The minimum absolute atomic E-state index is 0.119. The van der Waals surface area contributed by atoms with Crippen LogP contribution in [-0.2, 0) is 5.75 Å². The Balaban J connectivity index is 1.35. The molecule has 0 radical (unpaired) electrons. The fourth-order valence-corrected chi connectivity index (χ4v) is 3.84. The Bertz CT molecular complexity index is 1160. The number of thioether (sulfide) groups is 1. The van der Waals surface area contributed by atoms with Gasteiger partial charge in [0.05, 0.1) is 11.4 Å². The number of rotatable bonds is 8. The molecule has 4 aromatic rings. The topological polar surface area (TPSA) is 68.0 Å². The van der Waals surface area contributed by atoms with E-state index in [1.165, 1.54) is 22.9 Å². The summed E-state index contributed by atoms with van der Waals surface area (Å²) in [5.74, 6) is 1.46. The van der Waals surface area contributed by atoms with Crippen LogP contribution in [0.15, 0.2) is 88.3 Å². The second kappa shape index (κ2) is 10.3. The third-order valence-electron chi connectivity index (χ3n) is 5.17. The van der Waals surface area contributed by atoms with Gasteiger partial charge in [0.2, 0.25) is 0 Å². The summed E-state index contributed by atoms with van der Waals surface area (Å²) in [4.78, 5) is 12.1. The van der Waals surface area contributed by atoms with Crippen molar-refractivity contribution in [3.63, 3.8) is 0 Å². The lowest BCUT2D eigenvalue weighted by molar-refractivity contribution is 0.0910. The zero-order valence-corrected chi connectivity index (χ0v) is 18.9. The van der Waals surface area contributed by atoms with Gasteiger partial charge in [-0.1, -0.05) is 73.3 Å². The zero-order valence-electron chi connectivity index (χ0n) is 18.1. The van der Waals surface area contributed by atoms with Crippen LogP contribution < -0.4 is 5.32 Å². The molecule has 0 fully saturated rings. The molecular formula is C26H25N3O2S. The number of benzene rings is 2. The molecule has 2 aromatic heterocycles. The number of nitrogens with zero attached hydrogens (tertiary/aromatic N) is 2. The standard InChI is InChI=1S/C26H25N3O2S/c1-3-18(2)27-26(30)24-15-13-22(31-24)17-32-25-16-14-23(28-29-25)21-11-9-20(10-12-21)19-7-5-4-6-8-19/h4-16,18H,3,17H2,1-2H3,(H,27,30). The molecule has 32 heavy (non-hydrogen) atoms. The van der Waals surface area contributed by atoms with E-state index in [1.54, 1.807) is 6.07 Å². The van der Waals surface area contributed by atoms with E-state index in [0.717, 1.165) is 28.5 Å². The average molecular weight is 444 g/mol. The van der Waals surface area contributed by atoms with E-state index in [1.807, 2.05) is 50.2 Å². The SMILES string of the molecule is CCC(C)NC(=O)c1ccc(CSc2ccc(-c3ccc(-c4ccccc4)cc3)nn2)o1. The van der Waals surface area contributed by atoms with E-state index < -0.39 is 0 Å². The normalized spacial score (nSPS) is 11.8. The van der Waals surface area contributed by atoms with Gasteiger partial charge in [0.25, 0.3) is 5.91 Å². The van der Waals surface area contributed by atoms with Crippen molar-refractivity contribution in [1.29, 1.82) is 0 Å². The summed E-state index contributed by atoms with van der Waals surface area (Å²) in [6.45, 7) is 4.00. The van der Waals surface area contributed by atoms with E-state index in [0.29, 0.717) is 11.5 Å². The maximum Gasteiger partial charge on any atom is 0.287 e. The van der Waals surface area contributed by atoms with E-state index in [2.05, 4.69) is 51.9 Å². The molecule has 0 saturated carbocycles. The first-order chi connectivity index (χ1) is 15.6. The quantitative estimate of drug-likeness (QED) is 0.327. The van der Waals surface area contributed by atoms with Crippen LogP contribution >= 0.6 is 11.8 Å². The molecule has 0 bridgehead atoms. The monoisotopic (exact) mass is 443 g/mol. The van der Waals surface area contributed by atoms with Crippen molar-refractivity contribution in [2.24, 2.45) is 0 Å². The largest absolute Gasteiger partial charge is 0.455 e. The van der Waals surface area contributed by atoms with Crippen LogP contribution in [0.4, 0.5) is 0 Å². The van der Waals surface area contributed by atoms with Crippen LogP contribution in [-0.4, -0.2) is 22.1 Å². The van der Waals surface area contributed by atoms with E-state index in [9.17, 15) is 4.79 Å². The fourth-order valence-electron chi connectivity index (χ4n) is 3.13. The Kier molecular flexibility index (Phi) is 7.02. The van der Waals surface area contributed by atoms with Crippen molar-refractivity contribution in [3.05, 3.63) is 90.4 Å². The molecule has 6 heteroatoms. The van der Waals surface area contributed by atoms with Crippen LogP contribution in [0, 0.1) is 0 Å². The number of carbonyl (C=O) groups excluding carboxylic acids is 1. The Labute approximate surface area is 192 Å². The van der Waals surface area contributed by atoms with Crippen molar-refractivity contribution < 1.29 is 9.21 Å². The van der Waals surface area contributed by atoms with Gasteiger partial charge in [0.1, 0.15) is 10.8 Å². The zero-order chi connectivity index (χ0) is 22.3. The lowest BCUT2D eigenvalue weighted by Gasteiger charge is -2.09. The van der Waals surface area contributed by atoms with Gasteiger partial charge in [-0.15, -0.1) is 10.2 Å². The predicted molar refractivity (Wildman–Crippen MR) is 128 cm³/mol. The summed E-state index contributed by atoms with van der Waals surface area (Å²) in [5, 5.41) is 12.4. The first-order valence-electron chi connectivity index (χ1n) is 10.6. The molecule has 1 atom stereocenters. The van der Waals surface area contributed by atoms with Crippen LogP contribution in [0.1, 0.15) is 36.6 Å². The molecule has 2 heterocycles.